The minimum Gasteiger partial charge on any atom is -0.467 e. The van der Waals surface area contributed by atoms with E-state index in [4.69, 9.17) is 10.3 Å². The molecule has 1 amide bonds. The molecule has 8 heteroatoms. The number of amides is 1. The first-order valence-electron chi connectivity index (χ1n) is 7.28. The van der Waals surface area contributed by atoms with E-state index in [9.17, 15) is 9.59 Å². The SMILES string of the molecule is C[C@@H](NC(=O)CSc1nc2ccccc2c(=O)n1N)c1ccco1. The summed E-state index contributed by atoms with van der Waals surface area (Å²) in [5.74, 6) is 6.35. The molecule has 3 N–H and O–H groups in total. The number of nitrogens with one attached hydrogen (secondary N) is 1. The fourth-order valence-corrected chi connectivity index (χ4v) is 2.98. The molecule has 1 atom stereocenters. The van der Waals surface area contributed by atoms with Gasteiger partial charge in [-0.3, -0.25) is 9.59 Å². The van der Waals surface area contributed by atoms with Crippen LogP contribution in [0.25, 0.3) is 10.9 Å². The van der Waals surface area contributed by atoms with Crippen molar-refractivity contribution in [3.8, 4) is 0 Å². The fraction of sp³-hybridized carbons (Fsp3) is 0.188. The molecule has 0 aliphatic carbocycles. The number of rotatable bonds is 5. The molecule has 0 saturated carbocycles. The second-order valence-electron chi connectivity index (χ2n) is 5.18. The Bertz CT molecular complexity index is 921. The first-order valence-corrected chi connectivity index (χ1v) is 8.27. The largest absolute Gasteiger partial charge is 0.467 e. The summed E-state index contributed by atoms with van der Waals surface area (Å²) in [6.07, 6.45) is 1.55. The highest BCUT2D eigenvalue weighted by molar-refractivity contribution is 7.99. The monoisotopic (exact) mass is 344 g/mol. The second kappa shape index (κ2) is 6.79. The predicted molar refractivity (Wildman–Crippen MR) is 92.1 cm³/mol. The first kappa shape index (κ1) is 16.1. The molecule has 3 aromatic rings. The standard InChI is InChI=1S/C16H16N4O3S/c1-10(13-7-4-8-23-13)18-14(21)9-24-16-19-12-6-3-2-5-11(12)15(22)20(16)17/h2-8,10H,9,17H2,1H3,(H,18,21)/t10-/m1/s1. The van der Waals surface area contributed by atoms with Crippen molar-refractivity contribution in [2.45, 2.75) is 18.1 Å². The Kier molecular flexibility index (Phi) is 4.57. The number of hydrogen-bond donors (Lipinski definition) is 2. The van der Waals surface area contributed by atoms with Crippen LogP contribution in [0.4, 0.5) is 0 Å². The lowest BCUT2D eigenvalue weighted by molar-refractivity contribution is -0.119. The van der Waals surface area contributed by atoms with Gasteiger partial charge in [-0.1, -0.05) is 23.9 Å². The molecule has 0 spiro atoms. The minimum atomic E-state index is -0.340. The molecule has 0 unspecified atom stereocenters. The number of carbonyl (C=O) groups excluding carboxylic acids is 1. The topological polar surface area (TPSA) is 103 Å². The smallest absolute Gasteiger partial charge is 0.280 e. The number of furan rings is 1. The summed E-state index contributed by atoms with van der Waals surface area (Å²) >= 11 is 1.11. The lowest BCUT2D eigenvalue weighted by Gasteiger charge is -2.12. The molecule has 0 fully saturated rings. The molecule has 0 aliphatic heterocycles. The van der Waals surface area contributed by atoms with Gasteiger partial charge in [-0.05, 0) is 31.2 Å². The van der Waals surface area contributed by atoms with Gasteiger partial charge >= 0.3 is 0 Å². The zero-order chi connectivity index (χ0) is 17.1. The zero-order valence-electron chi connectivity index (χ0n) is 12.9. The molecule has 2 aromatic heterocycles. The van der Waals surface area contributed by atoms with Gasteiger partial charge in [0.05, 0.1) is 29.0 Å². The van der Waals surface area contributed by atoms with E-state index in [1.165, 1.54) is 0 Å². The van der Waals surface area contributed by atoms with Crippen LogP contribution in [0.2, 0.25) is 0 Å². The van der Waals surface area contributed by atoms with Crippen LogP contribution >= 0.6 is 11.8 Å². The third kappa shape index (κ3) is 3.28. The summed E-state index contributed by atoms with van der Waals surface area (Å²) in [6, 6.07) is 10.3. The number of thioether (sulfide) groups is 1. The van der Waals surface area contributed by atoms with Crippen LogP contribution in [0.15, 0.2) is 57.0 Å². The highest BCUT2D eigenvalue weighted by Crippen LogP contribution is 2.17. The highest BCUT2D eigenvalue weighted by Gasteiger charge is 2.14. The zero-order valence-corrected chi connectivity index (χ0v) is 13.7. The summed E-state index contributed by atoms with van der Waals surface area (Å²) in [7, 11) is 0. The van der Waals surface area contributed by atoms with Crippen LogP contribution in [-0.2, 0) is 4.79 Å². The fourth-order valence-electron chi connectivity index (χ4n) is 2.25. The summed E-state index contributed by atoms with van der Waals surface area (Å²) in [5, 5.41) is 3.55. The maximum atomic E-state index is 12.2. The number of nitrogens with zero attached hydrogens (tertiary/aromatic N) is 2. The van der Waals surface area contributed by atoms with Gasteiger partial charge in [0.2, 0.25) is 5.91 Å². The van der Waals surface area contributed by atoms with Gasteiger partial charge < -0.3 is 15.6 Å². The maximum absolute atomic E-state index is 12.2. The Balaban J connectivity index is 1.70. The Morgan fingerprint density at radius 1 is 1.38 bits per heavy atom. The number of carbonyl (C=O) groups is 1. The Morgan fingerprint density at radius 2 is 2.17 bits per heavy atom. The minimum absolute atomic E-state index is 0.0903. The van der Waals surface area contributed by atoms with Gasteiger partial charge in [-0.15, -0.1) is 0 Å². The van der Waals surface area contributed by atoms with Gasteiger partial charge in [0, 0.05) is 0 Å². The van der Waals surface area contributed by atoms with Crippen molar-refractivity contribution < 1.29 is 9.21 Å². The van der Waals surface area contributed by atoms with E-state index in [1.807, 2.05) is 6.92 Å². The number of aromatic nitrogens is 2. The van der Waals surface area contributed by atoms with E-state index in [0.29, 0.717) is 21.8 Å². The summed E-state index contributed by atoms with van der Waals surface area (Å²) in [5.41, 5.74) is 0.212. The Hall–Kier alpha value is -2.74. The van der Waals surface area contributed by atoms with Crippen molar-refractivity contribution >= 4 is 28.6 Å². The van der Waals surface area contributed by atoms with Crippen LogP contribution in [0.1, 0.15) is 18.7 Å². The van der Waals surface area contributed by atoms with Crippen LogP contribution in [0, 0.1) is 0 Å². The van der Waals surface area contributed by atoms with E-state index in [2.05, 4.69) is 10.3 Å². The molecular formula is C16H16N4O3S. The van der Waals surface area contributed by atoms with Gasteiger partial charge in [0.25, 0.3) is 5.56 Å². The molecule has 0 radical (unpaired) electrons. The van der Waals surface area contributed by atoms with Crippen molar-refractivity contribution in [1.82, 2.24) is 15.0 Å². The van der Waals surface area contributed by atoms with Gasteiger partial charge in [0.1, 0.15) is 5.76 Å². The van der Waals surface area contributed by atoms with Gasteiger partial charge in [-0.2, -0.15) is 0 Å². The molecule has 0 aliphatic rings. The lowest BCUT2D eigenvalue weighted by Crippen LogP contribution is -2.31. The van der Waals surface area contributed by atoms with Gasteiger partial charge in [-0.25, -0.2) is 9.66 Å². The molecule has 1 aromatic carbocycles. The van der Waals surface area contributed by atoms with Crippen molar-refractivity contribution in [2.75, 3.05) is 11.6 Å². The van der Waals surface area contributed by atoms with Gasteiger partial charge in [0.15, 0.2) is 5.16 Å². The molecule has 3 rings (SSSR count). The van der Waals surface area contributed by atoms with E-state index >= 15 is 0 Å². The molecule has 0 saturated heterocycles. The van der Waals surface area contributed by atoms with Crippen molar-refractivity contribution in [2.24, 2.45) is 0 Å². The number of hydrogen-bond acceptors (Lipinski definition) is 6. The number of benzene rings is 1. The lowest BCUT2D eigenvalue weighted by atomic mass is 10.2. The molecule has 124 valence electrons. The molecule has 2 heterocycles. The number of para-hydroxylation sites is 1. The summed E-state index contributed by atoms with van der Waals surface area (Å²) in [6.45, 7) is 1.83. The molecule has 7 nitrogen and oxygen atoms in total. The van der Waals surface area contributed by atoms with E-state index < -0.39 is 0 Å². The number of nitrogen functional groups attached to an aromatic ring is 1. The third-order valence-corrected chi connectivity index (χ3v) is 4.41. The van der Waals surface area contributed by atoms with E-state index in [0.717, 1.165) is 16.4 Å². The summed E-state index contributed by atoms with van der Waals surface area (Å²) in [4.78, 5) is 28.6. The number of fused-ring (bicyclic) bond motifs is 1. The molecule has 0 bridgehead atoms. The van der Waals surface area contributed by atoms with Crippen LogP contribution in [0.5, 0.6) is 0 Å². The van der Waals surface area contributed by atoms with E-state index in [1.54, 1.807) is 42.7 Å². The third-order valence-electron chi connectivity index (χ3n) is 3.46. The van der Waals surface area contributed by atoms with E-state index in [-0.39, 0.29) is 23.3 Å². The van der Waals surface area contributed by atoms with Crippen LogP contribution in [-0.4, -0.2) is 21.3 Å². The van der Waals surface area contributed by atoms with Crippen LogP contribution in [0.3, 0.4) is 0 Å². The highest BCUT2D eigenvalue weighted by atomic mass is 32.2. The summed E-state index contributed by atoms with van der Waals surface area (Å²) < 4.78 is 6.21. The average Bonchev–Trinajstić information content (AvgIpc) is 3.11. The number of nitrogens with two attached hydrogens (primary N) is 1. The Labute approximate surface area is 141 Å². The average molecular weight is 344 g/mol. The maximum Gasteiger partial charge on any atom is 0.280 e. The molecular weight excluding hydrogens is 328 g/mol. The quantitative estimate of drug-likeness (QED) is 0.415. The molecule has 24 heavy (non-hydrogen) atoms. The normalized spacial score (nSPS) is 12.2. The van der Waals surface area contributed by atoms with Crippen molar-refractivity contribution in [3.05, 3.63) is 58.8 Å². The second-order valence-corrected chi connectivity index (χ2v) is 6.12. The van der Waals surface area contributed by atoms with Crippen molar-refractivity contribution in [3.63, 3.8) is 0 Å². The van der Waals surface area contributed by atoms with Crippen LogP contribution < -0.4 is 16.7 Å². The van der Waals surface area contributed by atoms with Crippen molar-refractivity contribution in [1.29, 1.82) is 0 Å². The predicted octanol–water partition coefficient (Wildman–Crippen LogP) is 1.67. The first-order chi connectivity index (χ1) is 11.6. The Morgan fingerprint density at radius 3 is 2.92 bits per heavy atom.